The second-order valence-corrected chi connectivity index (χ2v) is 5.29. The molecule has 0 saturated carbocycles. The van der Waals surface area contributed by atoms with Gasteiger partial charge in [-0.2, -0.15) is 0 Å². The van der Waals surface area contributed by atoms with Crippen molar-refractivity contribution in [1.29, 1.82) is 0 Å². The number of hydrogen-bond donors (Lipinski definition) is 1. The van der Waals surface area contributed by atoms with Gasteiger partial charge in [0, 0.05) is 17.1 Å². The Balaban J connectivity index is 1.76. The van der Waals surface area contributed by atoms with E-state index in [2.05, 4.69) is 36.5 Å². The zero-order valence-corrected chi connectivity index (χ0v) is 12.3. The zero-order chi connectivity index (χ0) is 14.4. The number of hydrogen-bond acceptors (Lipinski definition) is 1. The largest absolute Gasteiger partial charge is 0.352 e. The summed E-state index contributed by atoms with van der Waals surface area (Å²) in [5, 5.41) is 3.49. The van der Waals surface area contributed by atoms with Crippen LogP contribution in [0.25, 0.3) is 0 Å². The van der Waals surface area contributed by atoms with Gasteiger partial charge in [-0.15, -0.1) is 0 Å². The molecule has 0 aliphatic carbocycles. The molecule has 104 valence electrons. The maximum absolute atomic E-state index is 11.9. The minimum absolute atomic E-state index is 0.0728. The molecule has 0 fully saturated rings. The van der Waals surface area contributed by atoms with Gasteiger partial charge in [0.15, 0.2) is 0 Å². The van der Waals surface area contributed by atoms with Gasteiger partial charge in [-0.1, -0.05) is 47.5 Å². The Hall–Kier alpha value is -1.80. The minimum Gasteiger partial charge on any atom is -0.352 e. The summed E-state index contributed by atoms with van der Waals surface area (Å²) in [6.45, 7) is 2.74. The van der Waals surface area contributed by atoms with Crippen molar-refractivity contribution < 1.29 is 4.79 Å². The van der Waals surface area contributed by atoms with Crippen LogP contribution in [-0.4, -0.2) is 12.5 Å². The third-order valence-electron chi connectivity index (χ3n) is 3.14. The Kier molecular flexibility index (Phi) is 5.19. The summed E-state index contributed by atoms with van der Waals surface area (Å²) in [6, 6.07) is 15.5. The highest BCUT2D eigenvalue weighted by Crippen LogP contribution is 2.10. The van der Waals surface area contributed by atoms with Gasteiger partial charge in [-0.3, -0.25) is 4.79 Å². The van der Waals surface area contributed by atoms with Gasteiger partial charge < -0.3 is 5.32 Å². The molecule has 0 atom stereocenters. The highest BCUT2D eigenvalue weighted by atomic mass is 35.5. The Morgan fingerprint density at radius 1 is 1.15 bits per heavy atom. The second-order valence-electron chi connectivity index (χ2n) is 4.86. The lowest BCUT2D eigenvalue weighted by molar-refractivity contribution is 0.0953. The zero-order valence-electron chi connectivity index (χ0n) is 11.5. The fourth-order valence-electron chi connectivity index (χ4n) is 1.98. The number of amides is 1. The summed E-state index contributed by atoms with van der Waals surface area (Å²) in [7, 11) is 0. The second kappa shape index (κ2) is 7.11. The molecule has 2 nitrogen and oxygen atoms in total. The fraction of sp³-hybridized carbons (Fsp3) is 0.235. The van der Waals surface area contributed by atoms with E-state index in [9.17, 15) is 4.79 Å². The molecule has 0 unspecified atom stereocenters. The monoisotopic (exact) mass is 287 g/mol. The average Bonchev–Trinajstić information content (AvgIpc) is 2.45. The summed E-state index contributed by atoms with van der Waals surface area (Å²) in [5.41, 5.74) is 3.17. The van der Waals surface area contributed by atoms with Gasteiger partial charge in [0.25, 0.3) is 5.91 Å². The Morgan fingerprint density at radius 3 is 2.60 bits per heavy atom. The van der Waals surface area contributed by atoms with Gasteiger partial charge in [0.05, 0.1) is 0 Å². The van der Waals surface area contributed by atoms with Crippen LogP contribution in [0.4, 0.5) is 0 Å². The van der Waals surface area contributed by atoms with Crippen LogP contribution in [0.2, 0.25) is 5.02 Å². The molecule has 1 N–H and O–H groups in total. The van der Waals surface area contributed by atoms with E-state index in [-0.39, 0.29) is 5.91 Å². The molecular formula is C17H18ClNO. The average molecular weight is 288 g/mol. The first-order chi connectivity index (χ1) is 9.65. The predicted octanol–water partition coefficient (Wildman–Crippen LogP) is 4.01. The number of rotatable bonds is 5. The number of aryl methyl sites for hydroxylation is 2. The molecule has 0 radical (unpaired) electrons. The van der Waals surface area contributed by atoms with Crippen LogP contribution < -0.4 is 5.32 Å². The molecule has 2 rings (SSSR count). The fourth-order valence-corrected chi connectivity index (χ4v) is 2.17. The van der Waals surface area contributed by atoms with E-state index in [0.717, 1.165) is 12.8 Å². The lowest BCUT2D eigenvalue weighted by atomic mass is 10.1. The van der Waals surface area contributed by atoms with Crippen LogP contribution in [-0.2, 0) is 6.42 Å². The van der Waals surface area contributed by atoms with Gasteiger partial charge in [0.2, 0.25) is 0 Å². The first kappa shape index (κ1) is 14.6. The number of benzene rings is 2. The van der Waals surface area contributed by atoms with E-state index < -0.39 is 0 Å². The lowest BCUT2D eigenvalue weighted by Crippen LogP contribution is -2.24. The van der Waals surface area contributed by atoms with Gasteiger partial charge in [0.1, 0.15) is 0 Å². The summed E-state index contributed by atoms with van der Waals surface area (Å²) in [4.78, 5) is 11.9. The Morgan fingerprint density at radius 2 is 1.90 bits per heavy atom. The quantitative estimate of drug-likeness (QED) is 0.827. The van der Waals surface area contributed by atoms with Crippen molar-refractivity contribution in [1.82, 2.24) is 5.32 Å². The molecule has 0 aliphatic rings. The number of carbonyl (C=O) groups is 1. The van der Waals surface area contributed by atoms with Crippen molar-refractivity contribution in [3.63, 3.8) is 0 Å². The summed E-state index contributed by atoms with van der Waals surface area (Å²) >= 11 is 5.86. The van der Waals surface area contributed by atoms with Crippen molar-refractivity contribution in [2.45, 2.75) is 19.8 Å². The van der Waals surface area contributed by atoms with E-state index in [1.165, 1.54) is 11.1 Å². The van der Waals surface area contributed by atoms with Crippen molar-refractivity contribution in [3.05, 3.63) is 70.2 Å². The molecule has 0 bridgehead atoms. The molecule has 0 aromatic heterocycles. The van der Waals surface area contributed by atoms with Crippen molar-refractivity contribution in [3.8, 4) is 0 Å². The van der Waals surface area contributed by atoms with Crippen molar-refractivity contribution in [2.75, 3.05) is 6.54 Å². The van der Waals surface area contributed by atoms with Gasteiger partial charge in [-0.25, -0.2) is 0 Å². The van der Waals surface area contributed by atoms with Crippen LogP contribution in [0, 0.1) is 6.92 Å². The summed E-state index contributed by atoms with van der Waals surface area (Å²) in [5.74, 6) is -0.0728. The molecule has 2 aromatic carbocycles. The molecule has 20 heavy (non-hydrogen) atoms. The third kappa shape index (κ3) is 4.39. The third-order valence-corrected chi connectivity index (χ3v) is 3.37. The predicted molar refractivity (Wildman–Crippen MR) is 83.3 cm³/mol. The first-order valence-electron chi connectivity index (χ1n) is 6.74. The van der Waals surface area contributed by atoms with Gasteiger partial charge in [-0.05, 0) is 43.5 Å². The highest BCUT2D eigenvalue weighted by Gasteiger charge is 2.04. The minimum atomic E-state index is -0.0728. The standard InChI is InChI=1S/C17H18ClNO/c1-13-7-9-14(10-8-13)4-3-11-19-17(20)15-5-2-6-16(18)12-15/h2,5-10,12H,3-4,11H2,1H3,(H,19,20). The number of nitrogens with one attached hydrogen (secondary N) is 1. The van der Waals surface area contributed by atoms with E-state index in [0.29, 0.717) is 17.1 Å². The van der Waals surface area contributed by atoms with Crippen LogP contribution in [0.5, 0.6) is 0 Å². The normalized spacial score (nSPS) is 10.3. The van der Waals surface area contributed by atoms with E-state index in [1.54, 1.807) is 24.3 Å². The number of halogens is 1. The molecule has 0 saturated heterocycles. The summed E-state index contributed by atoms with van der Waals surface area (Å²) in [6.07, 6.45) is 1.89. The molecule has 3 heteroatoms. The maximum atomic E-state index is 11.9. The Bertz CT molecular complexity index is 578. The van der Waals surface area contributed by atoms with E-state index in [4.69, 9.17) is 11.6 Å². The summed E-state index contributed by atoms with van der Waals surface area (Å²) < 4.78 is 0. The molecule has 0 heterocycles. The molecule has 1 amide bonds. The Labute approximate surface area is 124 Å². The van der Waals surface area contributed by atoms with Crippen LogP contribution in [0.3, 0.4) is 0 Å². The van der Waals surface area contributed by atoms with Crippen LogP contribution >= 0.6 is 11.6 Å². The molecular weight excluding hydrogens is 270 g/mol. The van der Waals surface area contributed by atoms with Crippen molar-refractivity contribution >= 4 is 17.5 Å². The van der Waals surface area contributed by atoms with Gasteiger partial charge >= 0.3 is 0 Å². The SMILES string of the molecule is Cc1ccc(CCCNC(=O)c2cccc(Cl)c2)cc1. The van der Waals surface area contributed by atoms with Crippen LogP contribution in [0.15, 0.2) is 48.5 Å². The topological polar surface area (TPSA) is 29.1 Å². The smallest absolute Gasteiger partial charge is 0.251 e. The molecule has 2 aromatic rings. The number of carbonyl (C=O) groups excluding carboxylic acids is 1. The van der Waals surface area contributed by atoms with E-state index >= 15 is 0 Å². The van der Waals surface area contributed by atoms with Crippen LogP contribution in [0.1, 0.15) is 27.9 Å². The molecule has 0 spiro atoms. The first-order valence-corrected chi connectivity index (χ1v) is 7.12. The lowest BCUT2D eigenvalue weighted by Gasteiger charge is -2.06. The highest BCUT2D eigenvalue weighted by molar-refractivity contribution is 6.30. The van der Waals surface area contributed by atoms with E-state index in [1.807, 2.05) is 0 Å². The maximum Gasteiger partial charge on any atom is 0.251 e. The molecule has 0 aliphatic heterocycles. The van der Waals surface area contributed by atoms with Crippen molar-refractivity contribution in [2.24, 2.45) is 0 Å².